The summed E-state index contributed by atoms with van der Waals surface area (Å²) in [6.45, 7) is 8.31. The summed E-state index contributed by atoms with van der Waals surface area (Å²) in [5, 5.41) is 3.00. The number of amides is 2. The van der Waals surface area contributed by atoms with Crippen molar-refractivity contribution in [2.24, 2.45) is 0 Å². The van der Waals surface area contributed by atoms with Gasteiger partial charge in [-0.05, 0) is 50.8 Å². The van der Waals surface area contributed by atoms with Crippen molar-refractivity contribution in [3.63, 3.8) is 0 Å². The molecule has 208 valence electrons. The van der Waals surface area contributed by atoms with Crippen LogP contribution in [-0.4, -0.2) is 56.8 Å². The molecule has 0 radical (unpaired) electrons. The van der Waals surface area contributed by atoms with E-state index in [9.17, 15) is 18.0 Å². The van der Waals surface area contributed by atoms with Crippen LogP contribution < -0.4 is 19.1 Å². The van der Waals surface area contributed by atoms with Crippen molar-refractivity contribution in [3.8, 4) is 11.5 Å². The van der Waals surface area contributed by atoms with Crippen LogP contribution in [0.3, 0.4) is 0 Å². The van der Waals surface area contributed by atoms with Gasteiger partial charge in [-0.3, -0.25) is 13.9 Å². The van der Waals surface area contributed by atoms with Crippen LogP contribution in [0.4, 0.5) is 5.69 Å². The quantitative estimate of drug-likeness (QED) is 0.408. The zero-order valence-electron chi connectivity index (χ0n) is 22.9. The second-order valence-corrected chi connectivity index (χ2v) is 11.6. The number of nitrogens with one attached hydrogen (secondary N) is 1. The Hall–Kier alpha value is -3.27. The Morgan fingerprint density at radius 3 is 2.34 bits per heavy atom. The van der Waals surface area contributed by atoms with Gasteiger partial charge in [0.2, 0.25) is 28.6 Å². The second kappa shape index (κ2) is 13.0. The maximum Gasteiger partial charge on any atom is 0.243 e. The van der Waals surface area contributed by atoms with Gasteiger partial charge >= 0.3 is 0 Å². The molecule has 2 aromatic carbocycles. The van der Waals surface area contributed by atoms with Crippen LogP contribution in [0.5, 0.6) is 11.5 Å². The zero-order valence-corrected chi connectivity index (χ0v) is 23.7. The minimum absolute atomic E-state index is 0.00195. The number of nitrogens with zero attached hydrogens (tertiary/aromatic N) is 2. The molecule has 0 fully saturated rings. The van der Waals surface area contributed by atoms with Crippen LogP contribution in [0, 0.1) is 6.92 Å². The number of carbonyl (C=O) groups excluding carboxylic acids is 2. The normalized spacial score (nSPS) is 14.0. The molecule has 1 N–H and O–H groups in total. The third kappa shape index (κ3) is 7.63. The summed E-state index contributed by atoms with van der Waals surface area (Å²) in [7, 11) is -3.61. The number of ether oxygens (including phenoxy) is 2. The van der Waals surface area contributed by atoms with E-state index in [1.807, 2.05) is 52.0 Å². The summed E-state index contributed by atoms with van der Waals surface area (Å²) >= 11 is 0. The number of benzene rings is 2. The molecule has 38 heavy (non-hydrogen) atoms. The average Bonchev–Trinajstić information content (AvgIpc) is 3.34. The lowest BCUT2D eigenvalue weighted by atomic mass is 10.1. The van der Waals surface area contributed by atoms with Crippen molar-refractivity contribution < 1.29 is 27.5 Å². The molecule has 1 aliphatic heterocycles. The van der Waals surface area contributed by atoms with Crippen molar-refractivity contribution >= 4 is 27.5 Å². The van der Waals surface area contributed by atoms with Crippen molar-refractivity contribution in [2.45, 2.75) is 72.0 Å². The third-order valence-electron chi connectivity index (χ3n) is 6.66. The minimum Gasteiger partial charge on any atom is -0.454 e. The zero-order chi connectivity index (χ0) is 27.9. The average molecular weight is 546 g/mol. The number of carbonyl (C=O) groups is 2. The highest BCUT2D eigenvalue weighted by molar-refractivity contribution is 7.92. The number of hydrogen-bond acceptors (Lipinski definition) is 6. The molecule has 0 saturated heterocycles. The second-order valence-electron chi connectivity index (χ2n) is 9.73. The van der Waals surface area contributed by atoms with Gasteiger partial charge in [0, 0.05) is 31.6 Å². The topological polar surface area (TPSA) is 105 Å². The van der Waals surface area contributed by atoms with E-state index in [1.54, 1.807) is 23.1 Å². The Morgan fingerprint density at radius 2 is 1.71 bits per heavy atom. The van der Waals surface area contributed by atoms with E-state index >= 15 is 0 Å². The van der Waals surface area contributed by atoms with E-state index in [1.165, 1.54) is 4.31 Å². The lowest BCUT2D eigenvalue weighted by Crippen LogP contribution is -2.50. The van der Waals surface area contributed by atoms with Gasteiger partial charge < -0.3 is 19.7 Å². The summed E-state index contributed by atoms with van der Waals surface area (Å²) in [5.41, 5.74) is 2.48. The largest absolute Gasteiger partial charge is 0.454 e. The number of hydrogen-bond donors (Lipinski definition) is 1. The van der Waals surface area contributed by atoms with E-state index in [0.717, 1.165) is 23.8 Å². The van der Waals surface area contributed by atoms with Crippen LogP contribution in [0.25, 0.3) is 0 Å². The van der Waals surface area contributed by atoms with E-state index in [-0.39, 0.29) is 44.0 Å². The molecule has 2 aromatic rings. The molecule has 0 bridgehead atoms. The molecule has 3 rings (SSSR count). The summed E-state index contributed by atoms with van der Waals surface area (Å²) in [6, 6.07) is 12.2. The molecule has 9 nitrogen and oxygen atoms in total. The maximum atomic E-state index is 13.5. The SMILES string of the molecule is CCC(C)NC(=O)C(CC)N(Cc1ccc(C)cc1)C(=O)CCCN(c1ccc2c(c1)OCO2)S(C)(=O)=O. The standard InChI is InChI=1S/C28H39N3O6S/c1-6-21(4)29-28(33)24(7-2)30(18-22-12-10-20(3)11-13-22)27(32)9-8-16-31(38(5,34)35)23-14-15-25-26(17-23)37-19-36-25/h10-15,17,21,24H,6-9,16,18-19H2,1-5H3,(H,29,33). The van der Waals surface area contributed by atoms with Crippen LogP contribution in [-0.2, 0) is 26.2 Å². The van der Waals surface area contributed by atoms with Crippen molar-refractivity contribution in [2.75, 3.05) is 23.9 Å². The molecule has 0 saturated carbocycles. The molecule has 0 aromatic heterocycles. The number of rotatable bonds is 13. The van der Waals surface area contributed by atoms with E-state index in [0.29, 0.717) is 30.2 Å². The minimum atomic E-state index is -3.61. The molecule has 0 aliphatic carbocycles. The van der Waals surface area contributed by atoms with Crippen LogP contribution in [0.1, 0.15) is 57.6 Å². The number of sulfonamides is 1. The lowest BCUT2D eigenvalue weighted by molar-refractivity contribution is -0.141. The fourth-order valence-corrected chi connectivity index (χ4v) is 5.25. The molecule has 2 atom stereocenters. The highest BCUT2D eigenvalue weighted by atomic mass is 32.2. The summed E-state index contributed by atoms with van der Waals surface area (Å²) < 4.78 is 37.2. The van der Waals surface area contributed by atoms with Crippen molar-refractivity contribution in [1.82, 2.24) is 10.2 Å². The number of fused-ring (bicyclic) bond motifs is 1. The highest BCUT2D eigenvalue weighted by Crippen LogP contribution is 2.36. The first-order chi connectivity index (χ1) is 18.0. The Morgan fingerprint density at radius 1 is 1.03 bits per heavy atom. The van der Waals surface area contributed by atoms with E-state index in [4.69, 9.17) is 9.47 Å². The number of aryl methyl sites for hydroxylation is 1. The Labute approximate surface area is 226 Å². The Balaban J connectivity index is 1.76. The smallest absolute Gasteiger partial charge is 0.243 e. The molecule has 1 aliphatic rings. The van der Waals surface area contributed by atoms with Crippen molar-refractivity contribution in [1.29, 1.82) is 0 Å². The van der Waals surface area contributed by atoms with E-state index in [2.05, 4.69) is 5.32 Å². The first-order valence-corrected chi connectivity index (χ1v) is 14.9. The molecule has 10 heteroatoms. The molecular weight excluding hydrogens is 506 g/mol. The van der Waals surface area contributed by atoms with Crippen LogP contribution >= 0.6 is 0 Å². The maximum absolute atomic E-state index is 13.5. The van der Waals surface area contributed by atoms with Crippen LogP contribution in [0.2, 0.25) is 0 Å². The van der Waals surface area contributed by atoms with Gasteiger partial charge in [-0.25, -0.2) is 8.42 Å². The first kappa shape index (κ1) is 29.3. The molecule has 2 amide bonds. The van der Waals surface area contributed by atoms with Crippen molar-refractivity contribution in [3.05, 3.63) is 53.6 Å². The molecule has 2 unspecified atom stereocenters. The summed E-state index contributed by atoms with van der Waals surface area (Å²) in [6.07, 6.45) is 2.76. The first-order valence-electron chi connectivity index (χ1n) is 13.1. The van der Waals surface area contributed by atoms with Gasteiger partial charge in [0.1, 0.15) is 6.04 Å². The predicted molar refractivity (Wildman–Crippen MR) is 148 cm³/mol. The fourth-order valence-electron chi connectivity index (χ4n) is 4.30. The lowest BCUT2D eigenvalue weighted by Gasteiger charge is -2.32. The van der Waals surface area contributed by atoms with Crippen LogP contribution in [0.15, 0.2) is 42.5 Å². The Bertz CT molecular complexity index is 1220. The van der Waals surface area contributed by atoms with Gasteiger partial charge in [-0.2, -0.15) is 0 Å². The van der Waals surface area contributed by atoms with Gasteiger partial charge in [0.25, 0.3) is 0 Å². The van der Waals surface area contributed by atoms with Gasteiger partial charge in [0.15, 0.2) is 11.5 Å². The monoisotopic (exact) mass is 545 g/mol. The van der Waals surface area contributed by atoms with Gasteiger partial charge in [-0.15, -0.1) is 0 Å². The summed E-state index contributed by atoms with van der Waals surface area (Å²) in [4.78, 5) is 28.3. The fraction of sp³-hybridized carbons (Fsp3) is 0.500. The Kier molecular flexibility index (Phi) is 10.0. The van der Waals surface area contributed by atoms with Gasteiger partial charge in [-0.1, -0.05) is 43.7 Å². The van der Waals surface area contributed by atoms with Gasteiger partial charge in [0.05, 0.1) is 11.9 Å². The third-order valence-corrected chi connectivity index (χ3v) is 7.85. The molecule has 1 heterocycles. The molecule has 0 spiro atoms. The summed E-state index contributed by atoms with van der Waals surface area (Å²) in [5.74, 6) is 0.663. The molecular formula is C28H39N3O6S. The predicted octanol–water partition coefficient (Wildman–Crippen LogP) is 3.99. The van der Waals surface area contributed by atoms with E-state index < -0.39 is 16.1 Å². The highest BCUT2D eigenvalue weighted by Gasteiger charge is 2.29. The number of anilines is 1.